The Morgan fingerprint density at radius 3 is 2.35 bits per heavy atom. The monoisotopic (exact) mass is 313 g/mol. The molecule has 0 aromatic heterocycles. The predicted molar refractivity (Wildman–Crippen MR) is 82.5 cm³/mol. The molecule has 1 saturated heterocycles. The Morgan fingerprint density at radius 1 is 1.30 bits per heavy atom. The van der Waals surface area contributed by atoms with Gasteiger partial charge in [0.25, 0.3) is 0 Å². The lowest BCUT2D eigenvalue weighted by atomic mass is 9.98. The van der Waals surface area contributed by atoms with E-state index in [2.05, 4.69) is 0 Å². The Labute approximate surface area is 123 Å². The van der Waals surface area contributed by atoms with Crippen LogP contribution in [0.25, 0.3) is 0 Å². The number of hydrogen-bond acceptors (Lipinski definition) is 4. The first kappa shape index (κ1) is 15.6. The summed E-state index contributed by atoms with van der Waals surface area (Å²) in [4.78, 5) is 12.9. The van der Waals surface area contributed by atoms with Crippen LogP contribution in [-0.2, 0) is 14.1 Å². The topological polar surface area (TPSA) is 69.4 Å². The van der Waals surface area contributed by atoms with Crippen molar-refractivity contribution in [3.8, 4) is 0 Å². The maximum Gasteiger partial charge on any atom is 0.232 e. The summed E-state index contributed by atoms with van der Waals surface area (Å²) in [5.41, 5.74) is 6.74. The minimum atomic E-state index is -2.83. The van der Waals surface area contributed by atoms with Crippen LogP contribution in [0, 0.1) is 6.92 Å². The quantitative estimate of drug-likeness (QED) is 0.868. The van der Waals surface area contributed by atoms with Gasteiger partial charge in [-0.3, -0.25) is 4.79 Å². The van der Waals surface area contributed by atoms with Gasteiger partial charge in [-0.1, -0.05) is 29.1 Å². The number of primary amides is 1. The molecule has 1 heterocycles. The lowest BCUT2D eigenvalue weighted by Gasteiger charge is -2.38. The number of rotatable bonds is 4. The summed E-state index contributed by atoms with van der Waals surface area (Å²) in [7, 11) is 0. The molecule has 0 radical (unpaired) electrons. The van der Waals surface area contributed by atoms with Crippen LogP contribution < -0.4 is 5.73 Å². The van der Waals surface area contributed by atoms with Gasteiger partial charge in [-0.25, -0.2) is 0 Å². The highest BCUT2D eigenvalue weighted by atomic mass is 32.7. The lowest BCUT2D eigenvalue weighted by molar-refractivity contribution is -0.122. The third kappa shape index (κ3) is 2.95. The summed E-state index contributed by atoms with van der Waals surface area (Å²) in [6.45, 7) is 4.56. The van der Waals surface area contributed by atoms with Crippen molar-refractivity contribution in [3.63, 3.8) is 0 Å². The molecule has 1 aromatic rings. The summed E-state index contributed by atoms with van der Waals surface area (Å²) in [5.74, 6) is -0.466. The maximum absolute atomic E-state index is 13.2. The lowest BCUT2D eigenvalue weighted by Crippen LogP contribution is -2.47. The Hall–Kier alpha value is -0.770. The van der Waals surface area contributed by atoms with Gasteiger partial charge in [-0.15, -0.1) is 0 Å². The molecule has 4 nitrogen and oxygen atoms in total. The highest BCUT2D eigenvalue weighted by Crippen LogP contribution is 2.70. The summed E-state index contributed by atoms with van der Waals surface area (Å²) in [6, 6.07) is 7.82. The van der Waals surface area contributed by atoms with Crippen LogP contribution in [0.5, 0.6) is 0 Å². The van der Waals surface area contributed by atoms with Gasteiger partial charge in [0.1, 0.15) is 5.16 Å². The number of amides is 1. The molecule has 1 aromatic carbocycles. The SMILES string of the molecule is Cc1ccc(SP(C)(=O)C2(C(N)=O)CCOCC2)cc1. The van der Waals surface area contributed by atoms with E-state index in [1.165, 1.54) is 11.4 Å². The highest BCUT2D eigenvalue weighted by molar-refractivity contribution is 8.58. The van der Waals surface area contributed by atoms with E-state index in [4.69, 9.17) is 10.5 Å². The van der Waals surface area contributed by atoms with E-state index < -0.39 is 17.4 Å². The van der Waals surface area contributed by atoms with Crippen LogP contribution >= 0.6 is 17.7 Å². The van der Waals surface area contributed by atoms with E-state index in [1.807, 2.05) is 31.2 Å². The van der Waals surface area contributed by atoms with Crippen molar-refractivity contribution in [3.05, 3.63) is 29.8 Å². The molecular weight excluding hydrogens is 293 g/mol. The summed E-state index contributed by atoms with van der Waals surface area (Å²) < 4.78 is 18.5. The smallest absolute Gasteiger partial charge is 0.232 e. The van der Waals surface area contributed by atoms with Crippen LogP contribution in [0.1, 0.15) is 18.4 Å². The minimum absolute atomic E-state index is 0.439. The zero-order valence-electron chi connectivity index (χ0n) is 11.8. The van der Waals surface area contributed by atoms with E-state index >= 15 is 0 Å². The van der Waals surface area contributed by atoms with Gasteiger partial charge in [0.15, 0.2) is 6.34 Å². The molecule has 2 N–H and O–H groups in total. The second-order valence-electron chi connectivity index (χ2n) is 5.26. The second kappa shape index (κ2) is 5.92. The molecule has 0 bridgehead atoms. The number of nitrogens with two attached hydrogens (primary N) is 1. The molecule has 1 atom stereocenters. The number of carbonyl (C=O) groups excluding carboxylic acids is 1. The summed E-state index contributed by atoms with van der Waals surface area (Å²) in [6.07, 6.45) is -1.95. The van der Waals surface area contributed by atoms with E-state index in [0.717, 1.165) is 10.5 Å². The van der Waals surface area contributed by atoms with Crippen molar-refractivity contribution in [2.24, 2.45) is 5.73 Å². The van der Waals surface area contributed by atoms with Crippen LogP contribution in [0.15, 0.2) is 29.2 Å². The Bertz CT molecular complexity index is 538. The molecule has 6 heteroatoms. The first-order valence-corrected chi connectivity index (χ1v) is 10.2. The van der Waals surface area contributed by atoms with E-state index in [9.17, 15) is 9.36 Å². The molecule has 110 valence electrons. The average Bonchev–Trinajstić information content (AvgIpc) is 2.41. The third-order valence-electron chi connectivity index (χ3n) is 3.86. The molecule has 1 unspecified atom stereocenters. The molecule has 1 amide bonds. The van der Waals surface area contributed by atoms with E-state index in [0.29, 0.717) is 26.1 Å². The fourth-order valence-electron chi connectivity index (χ4n) is 2.45. The van der Waals surface area contributed by atoms with Crippen molar-refractivity contribution in [2.45, 2.75) is 29.8 Å². The number of ether oxygens (including phenoxy) is 1. The molecule has 1 fully saturated rings. The fraction of sp³-hybridized carbons (Fsp3) is 0.500. The van der Waals surface area contributed by atoms with Gasteiger partial charge in [-0.2, -0.15) is 0 Å². The molecule has 0 spiro atoms. The second-order valence-corrected chi connectivity index (χ2v) is 11.1. The zero-order valence-corrected chi connectivity index (χ0v) is 13.5. The molecule has 0 aliphatic carbocycles. The maximum atomic E-state index is 13.2. The first-order chi connectivity index (χ1) is 9.37. The van der Waals surface area contributed by atoms with Gasteiger partial charge in [-0.05, 0) is 38.6 Å². The average molecular weight is 313 g/mol. The Kier molecular flexibility index (Phi) is 4.62. The van der Waals surface area contributed by atoms with Crippen LogP contribution in [0.4, 0.5) is 0 Å². The third-order valence-corrected chi connectivity index (χ3v) is 9.64. The van der Waals surface area contributed by atoms with Crippen molar-refractivity contribution in [1.29, 1.82) is 0 Å². The summed E-state index contributed by atoms with van der Waals surface area (Å²) in [5, 5.41) is -0.944. The Morgan fingerprint density at radius 2 is 1.85 bits per heavy atom. The standard InChI is InChI=1S/C14H20NO3PS/c1-11-3-5-12(6-4-11)20-19(2,17)14(13(15)16)7-9-18-10-8-14/h3-6H,7-10H2,1-2H3,(H2,15,16). The van der Waals surface area contributed by atoms with Gasteiger partial charge in [0.2, 0.25) is 5.91 Å². The van der Waals surface area contributed by atoms with Crippen molar-refractivity contribution < 1.29 is 14.1 Å². The van der Waals surface area contributed by atoms with Gasteiger partial charge < -0.3 is 15.0 Å². The van der Waals surface area contributed by atoms with Gasteiger partial charge >= 0.3 is 0 Å². The fourth-order valence-corrected chi connectivity index (χ4v) is 7.59. The van der Waals surface area contributed by atoms with Crippen LogP contribution in [-0.4, -0.2) is 30.9 Å². The zero-order chi connectivity index (χ0) is 14.8. The first-order valence-electron chi connectivity index (χ1n) is 6.59. The number of hydrogen-bond donors (Lipinski definition) is 1. The summed E-state index contributed by atoms with van der Waals surface area (Å²) >= 11 is 1.29. The normalized spacial score (nSPS) is 21.1. The predicted octanol–water partition coefficient (Wildman–Crippen LogP) is 3.03. The van der Waals surface area contributed by atoms with E-state index in [-0.39, 0.29) is 0 Å². The minimum Gasteiger partial charge on any atom is -0.381 e. The number of benzene rings is 1. The number of aryl methyl sites for hydroxylation is 1. The van der Waals surface area contributed by atoms with Crippen molar-refractivity contribution in [2.75, 3.05) is 19.9 Å². The van der Waals surface area contributed by atoms with Crippen LogP contribution in [0.3, 0.4) is 0 Å². The van der Waals surface area contributed by atoms with E-state index in [1.54, 1.807) is 6.66 Å². The molecule has 0 saturated carbocycles. The molecule has 1 aliphatic rings. The van der Waals surface area contributed by atoms with Crippen molar-refractivity contribution in [1.82, 2.24) is 0 Å². The van der Waals surface area contributed by atoms with Crippen molar-refractivity contribution >= 4 is 23.6 Å². The highest BCUT2D eigenvalue weighted by Gasteiger charge is 2.51. The number of carbonyl (C=O) groups is 1. The largest absolute Gasteiger partial charge is 0.381 e. The van der Waals surface area contributed by atoms with Gasteiger partial charge in [0.05, 0.1) is 0 Å². The van der Waals surface area contributed by atoms with Gasteiger partial charge in [0, 0.05) is 18.1 Å². The van der Waals surface area contributed by atoms with Crippen LogP contribution in [0.2, 0.25) is 0 Å². The molecular formula is C14H20NO3PS. The Balaban J connectivity index is 2.29. The molecule has 1 aliphatic heterocycles. The molecule has 2 rings (SSSR count). The molecule has 20 heavy (non-hydrogen) atoms.